The smallest absolute Gasteiger partial charge is 0.134 e. The van der Waals surface area contributed by atoms with Crippen molar-refractivity contribution >= 4 is 24.2 Å². The maximum Gasteiger partial charge on any atom is 0.134 e. The first-order chi connectivity index (χ1) is 6.70. The van der Waals surface area contributed by atoms with Crippen LogP contribution in [0.2, 0.25) is 5.02 Å². The zero-order valence-electron chi connectivity index (χ0n) is 7.75. The molecule has 1 aromatic rings. The molecule has 1 rings (SSSR count). The Balaban J connectivity index is 3.04. The number of ether oxygens (including phenoxy) is 1. The highest BCUT2D eigenvalue weighted by molar-refractivity contribution is 7.80. The normalized spacial score (nSPS) is 9.57. The molecule has 0 saturated carbocycles. The Bertz CT molecular complexity index is 373. The summed E-state index contributed by atoms with van der Waals surface area (Å²) in [7, 11) is 0. The van der Waals surface area contributed by atoms with Crippen LogP contribution in [0.3, 0.4) is 0 Å². The van der Waals surface area contributed by atoms with E-state index in [9.17, 15) is 0 Å². The molecule has 0 radical (unpaired) electrons. The van der Waals surface area contributed by atoms with Gasteiger partial charge in [-0.1, -0.05) is 18.5 Å². The van der Waals surface area contributed by atoms with Crippen molar-refractivity contribution in [3.63, 3.8) is 0 Å². The molecular formula is C10H10ClNOS. The van der Waals surface area contributed by atoms with Crippen molar-refractivity contribution in [3.05, 3.63) is 22.7 Å². The minimum atomic E-state index is 0.364. The van der Waals surface area contributed by atoms with Gasteiger partial charge in [0, 0.05) is 0 Å². The van der Waals surface area contributed by atoms with Gasteiger partial charge in [0.15, 0.2) is 0 Å². The maximum absolute atomic E-state index is 8.81. The van der Waals surface area contributed by atoms with E-state index >= 15 is 0 Å². The standard InChI is InChI=1S/C10H10ClNOS/c1-2-5-13-9-4-3-8(11)7(6-12)10(9)14/h3-4,14H,2,5H2,1H3. The van der Waals surface area contributed by atoms with Crippen molar-refractivity contribution in [2.45, 2.75) is 18.2 Å². The molecule has 1 aromatic carbocycles. The largest absolute Gasteiger partial charge is 0.492 e. The minimum Gasteiger partial charge on any atom is -0.492 e. The second-order valence-corrected chi connectivity index (χ2v) is 3.58. The van der Waals surface area contributed by atoms with E-state index in [1.807, 2.05) is 13.0 Å². The van der Waals surface area contributed by atoms with Crippen LogP contribution < -0.4 is 4.74 Å². The highest BCUT2D eigenvalue weighted by Gasteiger charge is 2.09. The van der Waals surface area contributed by atoms with E-state index in [0.717, 1.165) is 6.42 Å². The van der Waals surface area contributed by atoms with Crippen molar-refractivity contribution in [3.8, 4) is 11.8 Å². The van der Waals surface area contributed by atoms with Gasteiger partial charge in [0.1, 0.15) is 11.8 Å². The summed E-state index contributed by atoms with van der Waals surface area (Å²) >= 11 is 10.0. The molecule has 74 valence electrons. The van der Waals surface area contributed by atoms with E-state index in [-0.39, 0.29) is 0 Å². The number of nitrogens with zero attached hydrogens (tertiary/aromatic N) is 1. The van der Waals surface area contributed by atoms with Crippen LogP contribution in [0.5, 0.6) is 5.75 Å². The van der Waals surface area contributed by atoms with Crippen molar-refractivity contribution in [2.75, 3.05) is 6.61 Å². The van der Waals surface area contributed by atoms with Crippen LogP contribution >= 0.6 is 24.2 Å². The van der Waals surface area contributed by atoms with Gasteiger partial charge in [-0.3, -0.25) is 0 Å². The quantitative estimate of drug-likeness (QED) is 0.804. The first kappa shape index (κ1) is 11.2. The summed E-state index contributed by atoms with van der Waals surface area (Å²) in [5, 5.41) is 9.21. The van der Waals surface area contributed by atoms with E-state index in [0.29, 0.717) is 27.8 Å². The molecular weight excluding hydrogens is 218 g/mol. The summed E-state index contributed by atoms with van der Waals surface area (Å²) < 4.78 is 5.40. The third-order valence-corrected chi connectivity index (χ3v) is 2.42. The summed E-state index contributed by atoms with van der Waals surface area (Å²) in [5.74, 6) is 0.608. The van der Waals surface area contributed by atoms with Gasteiger partial charge in [-0.05, 0) is 18.6 Å². The Morgan fingerprint density at radius 3 is 2.86 bits per heavy atom. The topological polar surface area (TPSA) is 33.0 Å². The molecule has 0 atom stereocenters. The molecule has 0 fully saturated rings. The van der Waals surface area contributed by atoms with Gasteiger partial charge in [-0.2, -0.15) is 5.26 Å². The lowest BCUT2D eigenvalue weighted by Crippen LogP contribution is -1.97. The number of benzene rings is 1. The molecule has 0 amide bonds. The van der Waals surface area contributed by atoms with Gasteiger partial charge in [0.2, 0.25) is 0 Å². The van der Waals surface area contributed by atoms with Gasteiger partial charge < -0.3 is 4.74 Å². The molecule has 0 aliphatic carbocycles. The van der Waals surface area contributed by atoms with E-state index in [1.54, 1.807) is 12.1 Å². The van der Waals surface area contributed by atoms with Crippen LogP contribution in [0.25, 0.3) is 0 Å². The van der Waals surface area contributed by atoms with Crippen molar-refractivity contribution < 1.29 is 4.74 Å². The van der Waals surface area contributed by atoms with Gasteiger partial charge in [0.05, 0.1) is 22.1 Å². The fourth-order valence-electron chi connectivity index (χ4n) is 0.982. The Hall–Kier alpha value is -0.850. The fraction of sp³-hybridized carbons (Fsp3) is 0.300. The van der Waals surface area contributed by atoms with E-state index in [2.05, 4.69) is 12.6 Å². The Labute approximate surface area is 93.9 Å². The van der Waals surface area contributed by atoms with Crippen molar-refractivity contribution in [1.29, 1.82) is 5.26 Å². The second kappa shape index (κ2) is 5.14. The molecule has 0 aliphatic heterocycles. The Morgan fingerprint density at radius 2 is 2.29 bits per heavy atom. The molecule has 0 spiro atoms. The molecule has 0 aliphatic rings. The molecule has 0 aromatic heterocycles. The van der Waals surface area contributed by atoms with Crippen LogP contribution in [0.4, 0.5) is 0 Å². The van der Waals surface area contributed by atoms with E-state index < -0.39 is 0 Å². The molecule has 0 unspecified atom stereocenters. The van der Waals surface area contributed by atoms with Crippen LogP contribution in [0.15, 0.2) is 17.0 Å². The van der Waals surface area contributed by atoms with E-state index in [4.69, 9.17) is 21.6 Å². The zero-order chi connectivity index (χ0) is 10.6. The van der Waals surface area contributed by atoms with Gasteiger partial charge in [-0.25, -0.2) is 0 Å². The lowest BCUT2D eigenvalue weighted by molar-refractivity contribution is 0.310. The lowest BCUT2D eigenvalue weighted by atomic mass is 10.2. The lowest BCUT2D eigenvalue weighted by Gasteiger charge is -2.08. The molecule has 0 heterocycles. The Morgan fingerprint density at radius 1 is 1.57 bits per heavy atom. The van der Waals surface area contributed by atoms with Crippen molar-refractivity contribution in [1.82, 2.24) is 0 Å². The predicted octanol–water partition coefficient (Wildman–Crippen LogP) is 3.29. The molecule has 4 heteroatoms. The molecule has 0 N–H and O–H groups in total. The fourth-order valence-corrected chi connectivity index (χ4v) is 1.56. The number of hydrogen-bond donors (Lipinski definition) is 1. The first-order valence-corrected chi connectivity index (χ1v) is 5.07. The number of halogens is 1. The summed E-state index contributed by atoms with van der Waals surface area (Å²) in [5.41, 5.74) is 0.364. The highest BCUT2D eigenvalue weighted by Crippen LogP contribution is 2.31. The van der Waals surface area contributed by atoms with Crippen LogP contribution in [0.1, 0.15) is 18.9 Å². The average molecular weight is 228 g/mol. The number of rotatable bonds is 3. The Kier molecular flexibility index (Phi) is 4.12. The molecule has 14 heavy (non-hydrogen) atoms. The number of thiol groups is 1. The highest BCUT2D eigenvalue weighted by atomic mass is 35.5. The van der Waals surface area contributed by atoms with Crippen LogP contribution in [-0.2, 0) is 0 Å². The SMILES string of the molecule is CCCOc1ccc(Cl)c(C#N)c1S. The number of nitriles is 1. The summed E-state index contributed by atoms with van der Waals surface area (Å²) in [6, 6.07) is 5.36. The van der Waals surface area contributed by atoms with Crippen LogP contribution in [-0.4, -0.2) is 6.61 Å². The minimum absolute atomic E-state index is 0.364. The maximum atomic E-state index is 8.81. The molecule has 0 saturated heterocycles. The third-order valence-electron chi connectivity index (χ3n) is 1.66. The summed E-state index contributed by atoms with van der Waals surface area (Å²) in [6.07, 6.45) is 0.914. The molecule has 2 nitrogen and oxygen atoms in total. The monoisotopic (exact) mass is 227 g/mol. The van der Waals surface area contributed by atoms with Crippen LogP contribution in [0, 0.1) is 11.3 Å². The van der Waals surface area contributed by atoms with E-state index in [1.165, 1.54) is 0 Å². The predicted molar refractivity (Wildman–Crippen MR) is 59.2 cm³/mol. The first-order valence-electron chi connectivity index (χ1n) is 4.25. The average Bonchev–Trinajstić information content (AvgIpc) is 2.18. The summed E-state index contributed by atoms with van der Waals surface area (Å²) in [4.78, 5) is 0.508. The van der Waals surface area contributed by atoms with Gasteiger partial charge >= 0.3 is 0 Å². The zero-order valence-corrected chi connectivity index (χ0v) is 9.40. The second-order valence-electron chi connectivity index (χ2n) is 2.73. The van der Waals surface area contributed by atoms with Crippen molar-refractivity contribution in [2.24, 2.45) is 0 Å². The molecule has 0 bridgehead atoms. The third kappa shape index (κ3) is 2.34. The summed E-state index contributed by atoms with van der Waals surface area (Å²) in [6.45, 7) is 2.62. The van der Waals surface area contributed by atoms with Gasteiger partial charge in [-0.15, -0.1) is 12.6 Å². The number of hydrogen-bond acceptors (Lipinski definition) is 3. The van der Waals surface area contributed by atoms with Gasteiger partial charge in [0.25, 0.3) is 0 Å².